The van der Waals surface area contributed by atoms with Crippen LogP contribution in [0.2, 0.25) is 0 Å². The Hall–Kier alpha value is -1.21. The molecule has 0 spiro atoms. The van der Waals surface area contributed by atoms with Gasteiger partial charge in [0.05, 0.1) is 13.2 Å². The third-order valence-electron chi connectivity index (χ3n) is 10.8. The predicted octanol–water partition coefficient (Wildman–Crippen LogP) is 15.6. The zero-order chi connectivity index (χ0) is 41.8. The molecule has 0 heterocycles. The second-order valence-electron chi connectivity index (χ2n) is 16.5. The summed E-state index contributed by atoms with van der Waals surface area (Å²) in [6, 6.07) is 0. The number of phosphoric ester groups is 1. The summed E-state index contributed by atoms with van der Waals surface area (Å²) >= 11 is 0. The van der Waals surface area contributed by atoms with Crippen LogP contribution in [0.15, 0.2) is 12.2 Å². The van der Waals surface area contributed by atoms with E-state index in [1.807, 2.05) is 0 Å². The molecular formula is C48H93O8P. The summed E-state index contributed by atoms with van der Waals surface area (Å²) in [5, 5.41) is 0. The van der Waals surface area contributed by atoms with E-state index in [0.29, 0.717) is 12.8 Å². The van der Waals surface area contributed by atoms with Gasteiger partial charge in [-0.2, -0.15) is 0 Å². The Morgan fingerprint density at radius 2 is 0.789 bits per heavy atom. The minimum absolute atomic E-state index is 0.00225. The van der Waals surface area contributed by atoms with Crippen LogP contribution in [0.5, 0.6) is 0 Å². The monoisotopic (exact) mass is 829 g/mol. The van der Waals surface area contributed by atoms with Gasteiger partial charge in [-0.1, -0.05) is 212 Å². The highest BCUT2D eigenvalue weighted by atomic mass is 31.2. The van der Waals surface area contributed by atoms with Crippen molar-refractivity contribution in [1.29, 1.82) is 0 Å². The van der Waals surface area contributed by atoms with Crippen molar-refractivity contribution >= 4 is 19.8 Å². The second-order valence-corrected chi connectivity index (χ2v) is 17.9. The van der Waals surface area contributed by atoms with E-state index in [2.05, 4.69) is 26.0 Å². The van der Waals surface area contributed by atoms with E-state index in [4.69, 9.17) is 18.5 Å². The number of rotatable bonds is 46. The Morgan fingerprint density at radius 3 is 1.16 bits per heavy atom. The Kier molecular flexibility index (Phi) is 43.4. The lowest BCUT2D eigenvalue weighted by molar-refractivity contribution is -0.161. The molecule has 0 aromatic carbocycles. The van der Waals surface area contributed by atoms with E-state index < -0.39 is 26.5 Å². The average molecular weight is 829 g/mol. The summed E-state index contributed by atoms with van der Waals surface area (Å²) < 4.78 is 32.7. The zero-order valence-corrected chi connectivity index (χ0v) is 38.7. The number of hydrogen-bond donors (Lipinski definition) is 1. The maximum atomic E-state index is 12.6. The van der Waals surface area contributed by atoms with Crippen molar-refractivity contribution in [3.05, 3.63) is 12.2 Å². The van der Waals surface area contributed by atoms with Crippen molar-refractivity contribution in [3.8, 4) is 0 Å². The number of allylic oxidation sites excluding steroid dienone is 2. The second kappa shape index (κ2) is 44.3. The van der Waals surface area contributed by atoms with Crippen molar-refractivity contribution in [2.45, 2.75) is 264 Å². The smallest absolute Gasteiger partial charge is 0.462 e. The number of unbranched alkanes of at least 4 members (excludes halogenated alkanes) is 32. The number of esters is 2. The quantitative estimate of drug-likeness (QED) is 0.0280. The summed E-state index contributed by atoms with van der Waals surface area (Å²) in [7, 11) is -4.28. The largest absolute Gasteiger partial charge is 0.472 e. The minimum atomic E-state index is -4.28. The summed E-state index contributed by atoms with van der Waals surface area (Å²) in [4.78, 5) is 34.8. The fourth-order valence-corrected chi connectivity index (χ4v) is 7.97. The van der Waals surface area contributed by atoms with Gasteiger partial charge in [0.1, 0.15) is 6.61 Å². The molecule has 0 fully saturated rings. The Bertz CT molecular complexity index is 941. The molecule has 9 heteroatoms. The molecular weight excluding hydrogens is 735 g/mol. The molecule has 57 heavy (non-hydrogen) atoms. The third kappa shape index (κ3) is 44.2. The van der Waals surface area contributed by atoms with Crippen molar-refractivity contribution in [2.75, 3.05) is 19.8 Å². The van der Waals surface area contributed by atoms with E-state index in [9.17, 15) is 19.0 Å². The summed E-state index contributed by atoms with van der Waals surface area (Å²) in [6.45, 7) is 5.52. The van der Waals surface area contributed by atoms with Gasteiger partial charge in [-0.25, -0.2) is 4.57 Å². The Morgan fingerprint density at radius 1 is 0.456 bits per heavy atom. The molecule has 0 aromatic rings. The van der Waals surface area contributed by atoms with E-state index in [1.54, 1.807) is 6.92 Å². The molecule has 0 rings (SSSR count). The van der Waals surface area contributed by atoms with Gasteiger partial charge in [-0.15, -0.1) is 0 Å². The number of carbonyl (C=O) groups excluding carboxylic acids is 2. The highest BCUT2D eigenvalue weighted by Gasteiger charge is 2.25. The first-order valence-corrected chi connectivity index (χ1v) is 26.0. The Balaban J connectivity index is 3.96. The van der Waals surface area contributed by atoms with Crippen LogP contribution in [0.4, 0.5) is 0 Å². The topological polar surface area (TPSA) is 108 Å². The van der Waals surface area contributed by atoms with Crippen LogP contribution in [0.3, 0.4) is 0 Å². The first-order valence-electron chi connectivity index (χ1n) is 24.5. The molecule has 338 valence electrons. The molecule has 0 radical (unpaired) electrons. The molecule has 0 amide bonds. The molecule has 0 aliphatic heterocycles. The molecule has 0 bridgehead atoms. The molecule has 0 saturated carbocycles. The van der Waals surface area contributed by atoms with Crippen molar-refractivity contribution in [2.24, 2.45) is 0 Å². The van der Waals surface area contributed by atoms with Crippen LogP contribution < -0.4 is 0 Å². The van der Waals surface area contributed by atoms with Gasteiger partial charge >= 0.3 is 19.8 Å². The third-order valence-corrected chi connectivity index (χ3v) is 11.9. The highest BCUT2D eigenvalue weighted by Crippen LogP contribution is 2.43. The van der Waals surface area contributed by atoms with Gasteiger partial charge in [-0.05, 0) is 45.4 Å². The lowest BCUT2D eigenvalue weighted by Crippen LogP contribution is -2.29. The number of phosphoric acid groups is 1. The molecule has 0 aliphatic carbocycles. The Labute approximate surface area is 352 Å². The lowest BCUT2D eigenvalue weighted by atomic mass is 10.0. The van der Waals surface area contributed by atoms with E-state index >= 15 is 0 Å². The van der Waals surface area contributed by atoms with Crippen LogP contribution >= 0.6 is 7.82 Å². The van der Waals surface area contributed by atoms with Crippen LogP contribution in [0, 0.1) is 0 Å². The SMILES string of the molecule is CCCCCCCCC/C=C\CCCCCCCC(=O)OC(COC(=O)CCCCCCCCCCCCCCCCCCCCCCC)COP(=O)(O)OCC. The zero-order valence-electron chi connectivity index (χ0n) is 37.8. The minimum Gasteiger partial charge on any atom is -0.462 e. The van der Waals surface area contributed by atoms with E-state index in [-0.39, 0.29) is 25.6 Å². The van der Waals surface area contributed by atoms with Gasteiger partial charge in [0, 0.05) is 12.8 Å². The molecule has 1 N–H and O–H groups in total. The van der Waals surface area contributed by atoms with Crippen LogP contribution in [-0.2, 0) is 32.7 Å². The maximum Gasteiger partial charge on any atom is 0.472 e. The van der Waals surface area contributed by atoms with Crippen LogP contribution in [0.25, 0.3) is 0 Å². The van der Waals surface area contributed by atoms with Gasteiger partial charge in [0.25, 0.3) is 0 Å². The molecule has 8 nitrogen and oxygen atoms in total. The predicted molar refractivity (Wildman–Crippen MR) is 240 cm³/mol. The molecule has 2 unspecified atom stereocenters. The first kappa shape index (κ1) is 55.8. The van der Waals surface area contributed by atoms with Crippen molar-refractivity contribution in [3.63, 3.8) is 0 Å². The number of hydrogen-bond acceptors (Lipinski definition) is 7. The lowest BCUT2D eigenvalue weighted by Gasteiger charge is -2.19. The van der Waals surface area contributed by atoms with Crippen LogP contribution in [-0.4, -0.2) is 42.8 Å². The molecule has 0 aliphatic rings. The van der Waals surface area contributed by atoms with Crippen LogP contribution in [0.1, 0.15) is 258 Å². The molecule has 0 aromatic heterocycles. The summed E-state index contributed by atoms with van der Waals surface area (Å²) in [5.41, 5.74) is 0. The number of carbonyl (C=O) groups is 2. The van der Waals surface area contributed by atoms with Crippen molar-refractivity contribution in [1.82, 2.24) is 0 Å². The fraction of sp³-hybridized carbons (Fsp3) is 0.917. The van der Waals surface area contributed by atoms with Gasteiger partial charge in [0.2, 0.25) is 0 Å². The van der Waals surface area contributed by atoms with Gasteiger partial charge < -0.3 is 14.4 Å². The summed E-state index contributed by atoms with van der Waals surface area (Å²) in [6.07, 6.45) is 48.4. The average Bonchev–Trinajstić information content (AvgIpc) is 3.19. The van der Waals surface area contributed by atoms with Crippen molar-refractivity contribution < 1.29 is 37.6 Å². The van der Waals surface area contributed by atoms with E-state index in [1.165, 1.54) is 167 Å². The highest BCUT2D eigenvalue weighted by molar-refractivity contribution is 7.47. The fourth-order valence-electron chi connectivity index (χ4n) is 7.21. The van der Waals surface area contributed by atoms with Gasteiger partial charge in [-0.3, -0.25) is 18.6 Å². The maximum absolute atomic E-state index is 12.6. The first-order chi connectivity index (χ1) is 27.8. The molecule has 0 saturated heterocycles. The normalized spacial score (nSPS) is 13.3. The molecule has 2 atom stereocenters. The summed E-state index contributed by atoms with van der Waals surface area (Å²) in [5.74, 6) is -0.792. The number of ether oxygens (including phenoxy) is 2. The standard InChI is InChI=1S/C48H93O8P/c1-4-7-9-11-13-15-17-19-21-23-24-25-26-27-29-30-32-34-36-38-40-42-47(49)53-44-46(45-55-57(51,52)54-6-3)56-48(50)43-41-39-37-35-33-31-28-22-20-18-16-14-12-10-8-5-2/h22,28,46H,4-21,23-27,29-45H2,1-3H3,(H,51,52)/b28-22-. The van der Waals surface area contributed by atoms with E-state index in [0.717, 1.165) is 51.4 Å². The van der Waals surface area contributed by atoms with Gasteiger partial charge in [0.15, 0.2) is 6.10 Å².